The highest BCUT2D eigenvalue weighted by Crippen LogP contribution is 2.33. The van der Waals surface area contributed by atoms with Crippen molar-refractivity contribution in [3.63, 3.8) is 0 Å². The number of hydrogen-bond acceptors (Lipinski definition) is 18. The van der Waals surface area contributed by atoms with E-state index in [1.54, 1.807) is 0 Å². The van der Waals surface area contributed by atoms with E-state index < -0.39 is 42.2 Å². The van der Waals surface area contributed by atoms with Crippen LogP contribution in [-0.2, 0) is 66.5 Å². The van der Waals surface area contributed by atoms with E-state index in [2.05, 4.69) is 10.6 Å². The van der Waals surface area contributed by atoms with E-state index in [0.29, 0.717) is 145 Å². The molecule has 4 N–H and O–H groups in total. The maximum absolute atomic E-state index is 13.1. The number of rotatable bonds is 39. The second-order valence-corrected chi connectivity index (χ2v) is 12.8. The average molecular weight is 889 g/mol. The normalized spacial score (nSPS) is 14.8. The molecule has 1 unspecified atom stereocenters. The number of hydrogen-bond donors (Lipinski definition) is 3. The Morgan fingerprint density at radius 2 is 1.02 bits per heavy atom. The van der Waals surface area contributed by atoms with E-state index in [1.165, 1.54) is 18.2 Å². The number of amides is 5. The first-order valence-electron chi connectivity index (χ1n) is 21.2. The summed E-state index contributed by atoms with van der Waals surface area (Å²) in [6.45, 7) is 14.2. The summed E-state index contributed by atoms with van der Waals surface area (Å²) in [6, 6.07) is 3.33. The molecule has 1 aromatic carbocycles. The number of imide groups is 2. The molecule has 1 saturated heterocycles. The van der Waals surface area contributed by atoms with Crippen LogP contribution in [0.3, 0.4) is 0 Å². The van der Waals surface area contributed by atoms with Crippen molar-refractivity contribution in [1.82, 2.24) is 15.5 Å². The number of carbonyl (C=O) groups excluding carboxylic acids is 5. The second-order valence-electron chi connectivity index (χ2n) is 12.8. The highest BCUT2D eigenvalue weighted by Gasteiger charge is 2.46. The topological polar surface area (TPSA) is 249 Å². The van der Waals surface area contributed by atoms with Crippen molar-refractivity contribution in [2.24, 2.45) is 5.73 Å². The zero-order chi connectivity index (χ0) is 44.9. The third kappa shape index (κ3) is 23.7. The monoisotopic (exact) mass is 888 g/mol. The van der Waals surface area contributed by atoms with E-state index in [9.17, 15) is 24.0 Å². The Hall–Kier alpha value is -3.71. The van der Waals surface area contributed by atoms with Crippen LogP contribution in [0.2, 0.25) is 0 Å². The largest absolute Gasteiger partial charge is 0.483 e. The van der Waals surface area contributed by atoms with Crippen LogP contribution in [0.5, 0.6) is 5.75 Å². The summed E-state index contributed by atoms with van der Waals surface area (Å²) in [4.78, 5) is 63.0. The van der Waals surface area contributed by atoms with E-state index in [4.69, 9.17) is 62.6 Å². The van der Waals surface area contributed by atoms with E-state index in [0.717, 1.165) is 4.90 Å². The van der Waals surface area contributed by atoms with Crippen molar-refractivity contribution in [2.75, 3.05) is 165 Å². The molecular formula is C41H68N4O17. The van der Waals surface area contributed by atoms with Crippen LogP contribution in [0, 0.1) is 0 Å². The summed E-state index contributed by atoms with van der Waals surface area (Å²) >= 11 is 0. The number of piperidine rings is 1. The lowest BCUT2D eigenvalue weighted by Gasteiger charge is -2.27. The fourth-order valence-corrected chi connectivity index (χ4v) is 5.45. The Morgan fingerprint density at radius 3 is 1.42 bits per heavy atom. The molecule has 354 valence electrons. The summed E-state index contributed by atoms with van der Waals surface area (Å²) < 4.78 is 65.3. The van der Waals surface area contributed by atoms with Gasteiger partial charge in [0.25, 0.3) is 17.7 Å². The van der Waals surface area contributed by atoms with Crippen LogP contribution in [0.25, 0.3) is 0 Å². The van der Waals surface area contributed by atoms with Crippen molar-refractivity contribution in [1.29, 1.82) is 0 Å². The van der Waals surface area contributed by atoms with E-state index in [-0.39, 0.29) is 42.9 Å². The highest BCUT2D eigenvalue weighted by atomic mass is 16.6. The molecule has 0 aliphatic carbocycles. The third-order valence-electron chi connectivity index (χ3n) is 8.34. The van der Waals surface area contributed by atoms with Gasteiger partial charge in [0.15, 0.2) is 6.61 Å². The summed E-state index contributed by atoms with van der Waals surface area (Å²) in [5, 5.41) is 4.80. The molecular weight excluding hydrogens is 820 g/mol. The number of fused-ring (bicyclic) bond motifs is 1. The van der Waals surface area contributed by atoms with Gasteiger partial charge in [-0.05, 0) is 18.6 Å². The molecule has 3 rings (SSSR count). The smallest absolute Gasteiger partial charge is 0.266 e. The molecule has 0 spiro atoms. The quantitative estimate of drug-likeness (QED) is 0.0570. The lowest BCUT2D eigenvalue weighted by atomic mass is 10.0. The number of nitrogens with one attached hydrogen (secondary N) is 2. The zero-order valence-electron chi connectivity index (χ0n) is 36.4. The molecule has 1 aromatic rings. The minimum absolute atomic E-state index is 0.00938. The Morgan fingerprint density at radius 1 is 0.613 bits per heavy atom. The van der Waals surface area contributed by atoms with Crippen molar-refractivity contribution >= 4 is 29.5 Å². The van der Waals surface area contributed by atoms with Gasteiger partial charge in [-0.15, -0.1) is 0 Å². The third-order valence-corrected chi connectivity index (χ3v) is 8.34. The number of nitrogens with zero attached hydrogens (tertiary/aromatic N) is 1. The first kappa shape index (κ1) is 54.4. The van der Waals surface area contributed by atoms with Crippen LogP contribution in [0.4, 0.5) is 0 Å². The Bertz CT molecular complexity index is 1390. The number of carbonyl (C=O) groups is 5. The summed E-state index contributed by atoms with van der Waals surface area (Å²) in [5.41, 5.74) is 5.37. The van der Waals surface area contributed by atoms with Crippen molar-refractivity contribution < 1.29 is 80.8 Å². The average Bonchev–Trinajstić information content (AvgIpc) is 3.53. The number of nitrogens with two attached hydrogens (primary N) is 1. The summed E-state index contributed by atoms with van der Waals surface area (Å²) in [6.07, 6.45) is 0.0436. The minimum atomic E-state index is -1.10. The molecule has 1 atom stereocenters. The van der Waals surface area contributed by atoms with Crippen molar-refractivity contribution in [3.05, 3.63) is 29.3 Å². The van der Waals surface area contributed by atoms with Gasteiger partial charge in [-0.25, -0.2) is 0 Å². The molecule has 0 saturated carbocycles. The predicted molar refractivity (Wildman–Crippen MR) is 221 cm³/mol. The molecule has 0 aromatic heterocycles. The van der Waals surface area contributed by atoms with Gasteiger partial charge in [-0.3, -0.25) is 34.2 Å². The maximum Gasteiger partial charge on any atom is 0.266 e. The highest BCUT2D eigenvalue weighted by molar-refractivity contribution is 6.24. The van der Waals surface area contributed by atoms with Gasteiger partial charge in [-0.1, -0.05) is 19.9 Å². The van der Waals surface area contributed by atoms with Crippen molar-refractivity contribution in [3.8, 4) is 5.75 Å². The van der Waals surface area contributed by atoms with Crippen LogP contribution >= 0.6 is 0 Å². The molecule has 0 bridgehead atoms. The molecule has 2 aliphatic rings. The summed E-state index contributed by atoms with van der Waals surface area (Å²) in [5.74, 6) is -2.97. The Labute approximate surface area is 364 Å². The molecule has 5 amide bonds. The van der Waals surface area contributed by atoms with E-state index >= 15 is 0 Å². The number of ether oxygens (including phenoxy) is 12. The fraction of sp³-hybridized carbons (Fsp3) is 0.732. The van der Waals surface area contributed by atoms with Gasteiger partial charge < -0.3 is 67.9 Å². The first-order chi connectivity index (χ1) is 30.4. The van der Waals surface area contributed by atoms with Crippen LogP contribution < -0.4 is 21.1 Å². The van der Waals surface area contributed by atoms with E-state index in [1.807, 2.05) is 13.8 Å². The Kier molecular flexibility index (Phi) is 32.3. The van der Waals surface area contributed by atoms with Gasteiger partial charge in [-0.2, -0.15) is 0 Å². The Balaban J connectivity index is 0.00000651. The van der Waals surface area contributed by atoms with Crippen molar-refractivity contribution in [2.45, 2.75) is 32.7 Å². The molecule has 21 heteroatoms. The van der Waals surface area contributed by atoms with Crippen LogP contribution in [-0.4, -0.2) is 206 Å². The van der Waals surface area contributed by atoms with Gasteiger partial charge in [0, 0.05) is 19.5 Å². The van der Waals surface area contributed by atoms with Gasteiger partial charge in [0.1, 0.15) is 11.8 Å². The first-order valence-corrected chi connectivity index (χ1v) is 21.2. The van der Waals surface area contributed by atoms with Gasteiger partial charge in [0.2, 0.25) is 11.8 Å². The minimum Gasteiger partial charge on any atom is -0.483 e. The summed E-state index contributed by atoms with van der Waals surface area (Å²) in [7, 11) is 0. The van der Waals surface area contributed by atoms with Crippen LogP contribution in [0.15, 0.2) is 18.2 Å². The number of benzene rings is 1. The zero-order valence-corrected chi connectivity index (χ0v) is 36.4. The molecule has 2 aliphatic heterocycles. The predicted octanol–water partition coefficient (Wildman–Crippen LogP) is -0.250. The lowest BCUT2D eigenvalue weighted by molar-refractivity contribution is -0.136. The lowest BCUT2D eigenvalue weighted by Crippen LogP contribution is -2.54. The SMILES string of the molecule is CC.NCCOCCOCCOCCOCCOCCOCCOCCOCCOCCOCCOCCNC(=O)COc1cccc2c1C(=O)N(C1CCC(=O)NC1=O)C2=O. The fourth-order valence-electron chi connectivity index (χ4n) is 5.45. The van der Waals surface area contributed by atoms with Gasteiger partial charge >= 0.3 is 0 Å². The van der Waals surface area contributed by atoms with Gasteiger partial charge in [0.05, 0.1) is 156 Å². The standard InChI is InChI=1S/C39H62N4O17.C2H6/c40-6-8-49-10-12-51-14-16-53-18-20-55-22-24-57-26-28-59-29-27-58-25-23-56-21-19-54-17-15-52-13-11-50-9-7-41-35(45)30-60-33-3-1-2-31-36(33)39(48)43(38(31)47)32-4-5-34(44)42-37(32)46;1-2/h1-3,32H,4-30,40H2,(H,41,45)(H,42,44,46);1-2H3. The second kappa shape index (κ2) is 36.7. The molecule has 21 nitrogen and oxygen atoms in total. The van der Waals surface area contributed by atoms with Crippen LogP contribution in [0.1, 0.15) is 47.4 Å². The molecule has 62 heavy (non-hydrogen) atoms. The molecule has 1 fully saturated rings. The molecule has 0 radical (unpaired) electrons. The molecule has 2 heterocycles. The maximum atomic E-state index is 13.1.